The van der Waals surface area contributed by atoms with Crippen molar-refractivity contribution in [1.29, 1.82) is 0 Å². The third-order valence-corrected chi connectivity index (χ3v) is 3.10. The van der Waals surface area contributed by atoms with Crippen LogP contribution in [0.2, 0.25) is 0 Å². The second-order valence-electron chi connectivity index (χ2n) is 4.29. The average Bonchev–Trinajstić information content (AvgIpc) is 2.69. The van der Waals surface area contributed by atoms with E-state index < -0.39 is 0 Å². The van der Waals surface area contributed by atoms with Crippen molar-refractivity contribution < 1.29 is 0 Å². The maximum atomic E-state index is 4.49. The Morgan fingerprint density at radius 2 is 2.06 bits per heavy atom. The van der Waals surface area contributed by atoms with Crippen LogP contribution in [0.15, 0.2) is 30.5 Å². The van der Waals surface area contributed by atoms with Crippen molar-refractivity contribution in [2.24, 2.45) is 7.05 Å². The Morgan fingerprint density at radius 1 is 1.29 bits per heavy atom. The van der Waals surface area contributed by atoms with Gasteiger partial charge in [0.2, 0.25) is 0 Å². The quantitative estimate of drug-likeness (QED) is 0.870. The third-order valence-electron chi connectivity index (χ3n) is 3.10. The van der Waals surface area contributed by atoms with Gasteiger partial charge in [0.25, 0.3) is 0 Å². The van der Waals surface area contributed by atoms with Crippen LogP contribution in [0.25, 0.3) is 11.3 Å². The van der Waals surface area contributed by atoms with E-state index in [-0.39, 0.29) is 0 Å². The van der Waals surface area contributed by atoms with Gasteiger partial charge in [0.15, 0.2) is 0 Å². The predicted octanol–water partition coefficient (Wildman–Crippen LogP) is 2.16. The Hall–Kier alpha value is -1.61. The standard InChI is InChI=1S/C14H19N3/c1-11-6-4-5-7-12(11)13-10-16-14(17(13)3)8-9-15-2/h4-7,10,15H,8-9H2,1-3H3. The molecule has 1 aromatic heterocycles. The number of nitrogens with zero attached hydrogens (tertiary/aromatic N) is 2. The van der Waals surface area contributed by atoms with Crippen molar-refractivity contribution in [3.8, 4) is 11.3 Å². The highest BCUT2D eigenvalue weighted by Crippen LogP contribution is 2.23. The second-order valence-corrected chi connectivity index (χ2v) is 4.29. The van der Waals surface area contributed by atoms with Crippen molar-refractivity contribution >= 4 is 0 Å². The van der Waals surface area contributed by atoms with Crippen LogP contribution in [0.1, 0.15) is 11.4 Å². The summed E-state index contributed by atoms with van der Waals surface area (Å²) in [6.07, 6.45) is 2.92. The Labute approximate surface area is 103 Å². The molecule has 17 heavy (non-hydrogen) atoms. The van der Waals surface area contributed by atoms with E-state index in [0.29, 0.717) is 0 Å². The lowest BCUT2D eigenvalue weighted by molar-refractivity contribution is 0.720. The molecule has 0 unspecified atom stereocenters. The van der Waals surface area contributed by atoms with Gasteiger partial charge in [-0.3, -0.25) is 0 Å². The maximum Gasteiger partial charge on any atom is 0.110 e. The molecule has 3 heteroatoms. The summed E-state index contributed by atoms with van der Waals surface area (Å²) < 4.78 is 2.18. The Kier molecular flexibility index (Phi) is 3.59. The van der Waals surface area contributed by atoms with Gasteiger partial charge in [-0.05, 0) is 19.5 Å². The predicted molar refractivity (Wildman–Crippen MR) is 71.0 cm³/mol. The van der Waals surface area contributed by atoms with Crippen LogP contribution in [-0.2, 0) is 13.5 Å². The van der Waals surface area contributed by atoms with Gasteiger partial charge in [-0.25, -0.2) is 4.98 Å². The summed E-state index contributed by atoms with van der Waals surface area (Å²) in [5, 5.41) is 3.15. The molecule has 1 aromatic carbocycles. The van der Waals surface area contributed by atoms with Gasteiger partial charge in [0, 0.05) is 25.6 Å². The molecule has 1 heterocycles. The number of imidazole rings is 1. The van der Waals surface area contributed by atoms with Crippen LogP contribution in [0.3, 0.4) is 0 Å². The number of hydrogen-bond donors (Lipinski definition) is 1. The van der Waals surface area contributed by atoms with Gasteiger partial charge in [-0.1, -0.05) is 24.3 Å². The molecule has 3 nitrogen and oxygen atoms in total. The number of nitrogens with one attached hydrogen (secondary N) is 1. The van der Waals surface area contributed by atoms with Crippen LogP contribution < -0.4 is 5.32 Å². The summed E-state index contributed by atoms with van der Waals surface area (Å²) in [5.41, 5.74) is 3.74. The van der Waals surface area contributed by atoms with E-state index in [1.54, 1.807) is 0 Å². The molecule has 0 saturated heterocycles. The summed E-state index contributed by atoms with van der Waals surface area (Å²) in [6, 6.07) is 8.42. The van der Waals surface area contributed by atoms with Crippen molar-refractivity contribution in [2.45, 2.75) is 13.3 Å². The minimum Gasteiger partial charge on any atom is -0.331 e. The summed E-state index contributed by atoms with van der Waals surface area (Å²) in [6.45, 7) is 3.09. The van der Waals surface area contributed by atoms with Gasteiger partial charge in [-0.15, -0.1) is 0 Å². The van der Waals surface area contributed by atoms with Crippen LogP contribution >= 0.6 is 0 Å². The molecule has 0 aliphatic heterocycles. The first-order chi connectivity index (χ1) is 8.24. The van der Waals surface area contributed by atoms with Gasteiger partial charge >= 0.3 is 0 Å². The zero-order chi connectivity index (χ0) is 12.3. The molecule has 0 aliphatic rings. The van der Waals surface area contributed by atoms with E-state index in [4.69, 9.17) is 0 Å². The summed E-state index contributed by atoms with van der Waals surface area (Å²) >= 11 is 0. The molecule has 1 N–H and O–H groups in total. The largest absolute Gasteiger partial charge is 0.331 e. The smallest absolute Gasteiger partial charge is 0.110 e. The van der Waals surface area contributed by atoms with Gasteiger partial charge in [0.05, 0.1) is 11.9 Å². The highest BCUT2D eigenvalue weighted by molar-refractivity contribution is 5.63. The number of benzene rings is 1. The van der Waals surface area contributed by atoms with Gasteiger partial charge < -0.3 is 9.88 Å². The van der Waals surface area contributed by atoms with Crippen LogP contribution in [0.4, 0.5) is 0 Å². The molecule has 0 amide bonds. The summed E-state index contributed by atoms with van der Waals surface area (Å²) in [7, 11) is 4.05. The maximum absolute atomic E-state index is 4.49. The van der Waals surface area contributed by atoms with E-state index in [1.165, 1.54) is 16.8 Å². The number of hydrogen-bond acceptors (Lipinski definition) is 2. The highest BCUT2D eigenvalue weighted by Gasteiger charge is 2.09. The van der Waals surface area contributed by atoms with Crippen molar-refractivity contribution in [3.05, 3.63) is 41.9 Å². The SMILES string of the molecule is CNCCc1ncc(-c2ccccc2C)n1C. The number of aromatic nitrogens is 2. The Balaban J connectivity index is 2.34. The highest BCUT2D eigenvalue weighted by atomic mass is 15.1. The minimum atomic E-state index is 0.956. The van der Waals surface area contributed by atoms with Crippen LogP contribution in [0.5, 0.6) is 0 Å². The molecule has 2 aromatic rings. The third kappa shape index (κ3) is 2.39. The molecule has 2 rings (SSSR count). The van der Waals surface area contributed by atoms with E-state index in [2.05, 4.69) is 53.1 Å². The molecule has 0 radical (unpaired) electrons. The van der Waals surface area contributed by atoms with Gasteiger partial charge in [0.1, 0.15) is 5.82 Å². The van der Waals surface area contributed by atoms with E-state index in [0.717, 1.165) is 18.8 Å². The number of rotatable bonds is 4. The normalized spacial score (nSPS) is 10.8. The van der Waals surface area contributed by atoms with Crippen molar-refractivity contribution in [3.63, 3.8) is 0 Å². The molecule has 90 valence electrons. The fourth-order valence-corrected chi connectivity index (χ4v) is 2.03. The number of likely N-dealkylation sites (N-methyl/N-ethyl adjacent to an activating group) is 1. The Morgan fingerprint density at radius 3 is 2.76 bits per heavy atom. The zero-order valence-electron chi connectivity index (χ0n) is 10.7. The van der Waals surface area contributed by atoms with Crippen LogP contribution in [-0.4, -0.2) is 23.1 Å². The van der Waals surface area contributed by atoms with E-state index >= 15 is 0 Å². The first-order valence-electron chi connectivity index (χ1n) is 5.95. The van der Waals surface area contributed by atoms with Crippen molar-refractivity contribution in [2.75, 3.05) is 13.6 Å². The van der Waals surface area contributed by atoms with E-state index in [1.807, 2.05) is 13.2 Å². The minimum absolute atomic E-state index is 0.956. The first-order valence-corrected chi connectivity index (χ1v) is 5.95. The Bertz CT molecular complexity index is 500. The fraction of sp³-hybridized carbons (Fsp3) is 0.357. The lowest BCUT2D eigenvalue weighted by Crippen LogP contribution is -2.13. The second kappa shape index (κ2) is 5.15. The molecule has 0 fully saturated rings. The lowest BCUT2D eigenvalue weighted by atomic mass is 10.1. The van der Waals surface area contributed by atoms with Gasteiger partial charge in [-0.2, -0.15) is 0 Å². The molecule has 0 aliphatic carbocycles. The average molecular weight is 229 g/mol. The van der Waals surface area contributed by atoms with E-state index in [9.17, 15) is 0 Å². The molecular weight excluding hydrogens is 210 g/mol. The van der Waals surface area contributed by atoms with Crippen LogP contribution in [0, 0.1) is 6.92 Å². The van der Waals surface area contributed by atoms with Crippen molar-refractivity contribution in [1.82, 2.24) is 14.9 Å². The fourth-order valence-electron chi connectivity index (χ4n) is 2.03. The molecular formula is C14H19N3. The topological polar surface area (TPSA) is 29.9 Å². The molecule has 0 atom stereocenters. The molecule has 0 saturated carbocycles. The lowest BCUT2D eigenvalue weighted by Gasteiger charge is -2.08. The monoisotopic (exact) mass is 229 g/mol. The molecule has 0 bridgehead atoms. The zero-order valence-corrected chi connectivity index (χ0v) is 10.7. The molecule has 0 spiro atoms. The summed E-state index contributed by atoms with van der Waals surface area (Å²) in [5.74, 6) is 1.12. The summed E-state index contributed by atoms with van der Waals surface area (Å²) in [4.78, 5) is 4.49. The first kappa shape index (κ1) is 11.9. The number of aryl methyl sites for hydroxylation is 1.